The highest BCUT2D eigenvalue weighted by molar-refractivity contribution is 9.10. The van der Waals surface area contributed by atoms with E-state index in [-0.39, 0.29) is 4.90 Å². The van der Waals surface area contributed by atoms with Crippen molar-refractivity contribution in [3.63, 3.8) is 0 Å². The van der Waals surface area contributed by atoms with Crippen molar-refractivity contribution in [2.75, 3.05) is 35.9 Å². The Bertz CT molecular complexity index is 883. The molecule has 0 atom stereocenters. The molecule has 0 unspecified atom stereocenters. The van der Waals surface area contributed by atoms with Gasteiger partial charge in [-0.1, -0.05) is 17.7 Å². The summed E-state index contributed by atoms with van der Waals surface area (Å²) in [6, 6.07) is 10.3. The normalized spacial score (nSPS) is 15.2. The van der Waals surface area contributed by atoms with Gasteiger partial charge in [-0.05, 0) is 58.7 Å². The quantitative estimate of drug-likeness (QED) is 0.771. The Morgan fingerprint density at radius 3 is 2.56 bits per heavy atom. The molecule has 134 valence electrons. The number of anilines is 2. The highest BCUT2D eigenvalue weighted by atomic mass is 79.9. The zero-order valence-corrected chi connectivity index (χ0v) is 16.8. The van der Waals surface area contributed by atoms with Crippen LogP contribution in [0.3, 0.4) is 0 Å². The van der Waals surface area contributed by atoms with E-state index in [0.29, 0.717) is 41.5 Å². The molecule has 2 aromatic rings. The van der Waals surface area contributed by atoms with E-state index in [4.69, 9.17) is 16.3 Å². The second-order valence-corrected chi connectivity index (χ2v) is 8.74. The van der Waals surface area contributed by atoms with Crippen LogP contribution in [0.25, 0.3) is 0 Å². The average Bonchev–Trinajstić information content (AvgIpc) is 2.55. The van der Waals surface area contributed by atoms with Gasteiger partial charge >= 0.3 is 0 Å². The first-order chi connectivity index (χ1) is 11.9. The third kappa shape index (κ3) is 4.28. The minimum absolute atomic E-state index is 0.186. The van der Waals surface area contributed by atoms with Gasteiger partial charge < -0.3 is 9.64 Å². The zero-order valence-electron chi connectivity index (χ0n) is 13.6. The van der Waals surface area contributed by atoms with Crippen LogP contribution in [-0.4, -0.2) is 34.7 Å². The average molecular weight is 446 g/mol. The smallest absolute Gasteiger partial charge is 0.263 e. The number of hydrogen-bond donors (Lipinski definition) is 1. The van der Waals surface area contributed by atoms with Gasteiger partial charge in [0.25, 0.3) is 10.0 Å². The molecule has 0 saturated carbocycles. The number of ether oxygens (including phenoxy) is 1. The lowest BCUT2D eigenvalue weighted by molar-refractivity contribution is 0.123. The number of nitrogens with one attached hydrogen (secondary N) is 1. The summed E-state index contributed by atoms with van der Waals surface area (Å²) < 4.78 is 34.3. The lowest BCUT2D eigenvalue weighted by Gasteiger charge is -2.30. The second kappa shape index (κ2) is 7.53. The number of sulfonamides is 1. The van der Waals surface area contributed by atoms with Crippen LogP contribution in [0.4, 0.5) is 11.4 Å². The summed E-state index contributed by atoms with van der Waals surface area (Å²) in [4.78, 5) is 2.27. The van der Waals surface area contributed by atoms with Crippen molar-refractivity contribution in [1.29, 1.82) is 0 Å². The fraction of sp³-hybridized carbons (Fsp3) is 0.294. The van der Waals surface area contributed by atoms with E-state index in [0.717, 1.165) is 11.3 Å². The summed E-state index contributed by atoms with van der Waals surface area (Å²) in [5.41, 5.74) is 2.23. The van der Waals surface area contributed by atoms with Crippen molar-refractivity contribution in [3.8, 4) is 0 Å². The molecule has 0 spiro atoms. The minimum Gasteiger partial charge on any atom is -0.378 e. The molecule has 0 aliphatic carbocycles. The Kier molecular flexibility index (Phi) is 5.58. The first-order valence-corrected chi connectivity index (χ1v) is 10.4. The van der Waals surface area contributed by atoms with Crippen LogP contribution >= 0.6 is 27.5 Å². The molecule has 0 bridgehead atoms. The molecule has 8 heteroatoms. The van der Waals surface area contributed by atoms with Crippen LogP contribution in [0, 0.1) is 6.92 Å². The summed E-state index contributed by atoms with van der Waals surface area (Å²) in [6.07, 6.45) is 0. The Labute approximate surface area is 161 Å². The SMILES string of the molecule is Cc1ccc(S(=O)(=O)Nc2cc(Cl)ccc2N2CCOCC2)c(Br)c1. The van der Waals surface area contributed by atoms with Crippen molar-refractivity contribution in [3.05, 3.63) is 51.5 Å². The van der Waals surface area contributed by atoms with Crippen LogP contribution in [0.1, 0.15) is 5.56 Å². The molecule has 1 saturated heterocycles. The van der Waals surface area contributed by atoms with Crippen molar-refractivity contribution < 1.29 is 13.2 Å². The number of benzene rings is 2. The molecule has 1 N–H and O–H groups in total. The summed E-state index contributed by atoms with van der Waals surface area (Å²) >= 11 is 9.43. The van der Waals surface area contributed by atoms with Gasteiger partial charge in [0.15, 0.2) is 0 Å². The molecular formula is C17H18BrClN2O3S. The first kappa shape index (κ1) is 18.5. The number of aryl methyl sites for hydroxylation is 1. The lowest BCUT2D eigenvalue weighted by atomic mass is 10.2. The first-order valence-electron chi connectivity index (χ1n) is 7.78. The number of rotatable bonds is 4. The Hall–Kier alpha value is -1.28. The standard InChI is InChI=1S/C17H18BrClN2O3S/c1-12-2-5-17(14(18)10-12)25(22,23)20-15-11-13(19)3-4-16(15)21-6-8-24-9-7-21/h2-5,10-11,20H,6-9H2,1H3. The fourth-order valence-corrected chi connectivity index (χ4v) is 5.12. The van der Waals surface area contributed by atoms with Gasteiger partial charge in [-0.15, -0.1) is 0 Å². The maximum atomic E-state index is 12.9. The fourth-order valence-electron chi connectivity index (χ4n) is 2.69. The van der Waals surface area contributed by atoms with Crippen molar-refractivity contribution in [2.24, 2.45) is 0 Å². The predicted molar refractivity (Wildman–Crippen MR) is 104 cm³/mol. The highest BCUT2D eigenvalue weighted by Crippen LogP contribution is 2.33. The Morgan fingerprint density at radius 1 is 1.16 bits per heavy atom. The molecule has 1 aliphatic rings. The van der Waals surface area contributed by atoms with E-state index in [1.165, 1.54) is 0 Å². The van der Waals surface area contributed by atoms with Crippen molar-refractivity contribution in [1.82, 2.24) is 0 Å². The van der Waals surface area contributed by atoms with Crippen LogP contribution in [0.2, 0.25) is 5.02 Å². The van der Waals surface area contributed by atoms with Gasteiger partial charge in [0, 0.05) is 22.6 Å². The summed E-state index contributed by atoms with van der Waals surface area (Å²) in [7, 11) is -3.75. The summed E-state index contributed by atoms with van der Waals surface area (Å²) in [5, 5.41) is 0.470. The monoisotopic (exact) mass is 444 g/mol. The van der Waals surface area contributed by atoms with E-state index < -0.39 is 10.0 Å². The lowest BCUT2D eigenvalue weighted by Crippen LogP contribution is -2.36. The maximum Gasteiger partial charge on any atom is 0.263 e. The molecule has 1 heterocycles. The minimum atomic E-state index is -3.75. The van der Waals surface area contributed by atoms with E-state index in [2.05, 4.69) is 25.6 Å². The summed E-state index contributed by atoms with van der Waals surface area (Å²) in [5.74, 6) is 0. The molecule has 25 heavy (non-hydrogen) atoms. The van der Waals surface area contributed by atoms with E-state index in [1.807, 2.05) is 13.0 Å². The Balaban J connectivity index is 1.97. The molecule has 0 radical (unpaired) electrons. The molecule has 2 aromatic carbocycles. The van der Waals surface area contributed by atoms with Crippen LogP contribution in [0.15, 0.2) is 45.8 Å². The van der Waals surface area contributed by atoms with Crippen molar-refractivity contribution in [2.45, 2.75) is 11.8 Å². The predicted octanol–water partition coefficient (Wildman–Crippen LogP) is 4.05. The van der Waals surface area contributed by atoms with Gasteiger partial charge in [-0.3, -0.25) is 4.72 Å². The van der Waals surface area contributed by atoms with Crippen LogP contribution in [-0.2, 0) is 14.8 Å². The van der Waals surface area contributed by atoms with Gasteiger partial charge in [-0.2, -0.15) is 0 Å². The topological polar surface area (TPSA) is 58.6 Å². The van der Waals surface area contributed by atoms with E-state index in [1.54, 1.807) is 30.3 Å². The number of nitrogens with zero attached hydrogens (tertiary/aromatic N) is 1. The Morgan fingerprint density at radius 2 is 1.88 bits per heavy atom. The maximum absolute atomic E-state index is 12.9. The number of morpholine rings is 1. The molecule has 0 amide bonds. The molecule has 1 fully saturated rings. The van der Waals surface area contributed by atoms with Gasteiger partial charge in [-0.25, -0.2) is 8.42 Å². The largest absolute Gasteiger partial charge is 0.378 e. The molecule has 5 nitrogen and oxygen atoms in total. The van der Waals surface area contributed by atoms with Gasteiger partial charge in [0.05, 0.1) is 24.6 Å². The number of halogens is 2. The van der Waals surface area contributed by atoms with Crippen LogP contribution in [0.5, 0.6) is 0 Å². The zero-order chi connectivity index (χ0) is 18.0. The van der Waals surface area contributed by atoms with Gasteiger partial charge in [0.1, 0.15) is 4.90 Å². The molecular weight excluding hydrogens is 428 g/mol. The van der Waals surface area contributed by atoms with Gasteiger partial charge in [0.2, 0.25) is 0 Å². The van der Waals surface area contributed by atoms with E-state index in [9.17, 15) is 8.42 Å². The second-order valence-electron chi connectivity index (χ2n) is 5.80. The van der Waals surface area contributed by atoms with Crippen molar-refractivity contribution >= 4 is 48.9 Å². The number of hydrogen-bond acceptors (Lipinski definition) is 4. The molecule has 3 rings (SSSR count). The molecule has 0 aromatic heterocycles. The third-order valence-corrected chi connectivity index (χ3v) is 6.51. The van der Waals surface area contributed by atoms with Crippen LogP contribution < -0.4 is 9.62 Å². The highest BCUT2D eigenvalue weighted by Gasteiger charge is 2.22. The van der Waals surface area contributed by atoms with E-state index >= 15 is 0 Å². The summed E-state index contributed by atoms with van der Waals surface area (Å²) in [6.45, 7) is 4.52. The third-order valence-electron chi connectivity index (χ3n) is 3.93. The molecule has 1 aliphatic heterocycles.